The molecule has 1 aromatic rings. The second-order valence-electron chi connectivity index (χ2n) is 3.57. The molecule has 0 atom stereocenters. The fourth-order valence-corrected chi connectivity index (χ4v) is 1.32. The highest BCUT2D eigenvalue weighted by molar-refractivity contribution is 5.72. The highest BCUT2D eigenvalue weighted by Crippen LogP contribution is 2.15. The van der Waals surface area contributed by atoms with Crippen LogP contribution in [0.2, 0.25) is 0 Å². The molecule has 0 spiro atoms. The quantitative estimate of drug-likeness (QED) is 0.571. The third-order valence-electron chi connectivity index (χ3n) is 2.17. The maximum Gasteiger partial charge on any atom is 0.302 e. The standard InChI is InChI=1S/C14H16O2/c1-4-5-14(10-16-12(3)15)13-8-6-11(2)7-9-13/h4-9H,1,10H2,2-3H3. The second kappa shape index (κ2) is 5.91. The molecule has 2 heteroatoms. The van der Waals surface area contributed by atoms with Crippen molar-refractivity contribution in [1.82, 2.24) is 0 Å². The minimum Gasteiger partial charge on any atom is -0.461 e. The maximum atomic E-state index is 10.8. The second-order valence-corrected chi connectivity index (χ2v) is 3.57. The molecule has 0 fully saturated rings. The molecule has 16 heavy (non-hydrogen) atoms. The van der Waals surface area contributed by atoms with Crippen LogP contribution in [0.15, 0.2) is 43.0 Å². The summed E-state index contributed by atoms with van der Waals surface area (Å²) in [5, 5.41) is 0. The Morgan fingerprint density at radius 3 is 2.50 bits per heavy atom. The van der Waals surface area contributed by atoms with Gasteiger partial charge in [0, 0.05) is 6.92 Å². The van der Waals surface area contributed by atoms with Crippen molar-refractivity contribution < 1.29 is 9.53 Å². The Bertz CT molecular complexity index is 399. The van der Waals surface area contributed by atoms with Crippen molar-refractivity contribution in [3.63, 3.8) is 0 Å². The van der Waals surface area contributed by atoms with E-state index in [1.807, 2.05) is 37.3 Å². The number of carbonyl (C=O) groups is 1. The lowest BCUT2D eigenvalue weighted by atomic mass is 10.0. The number of hydrogen-bond acceptors (Lipinski definition) is 2. The minimum absolute atomic E-state index is 0.276. The van der Waals surface area contributed by atoms with Crippen molar-refractivity contribution in [2.45, 2.75) is 13.8 Å². The lowest BCUT2D eigenvalue weighted by Gasteiger charge is -2.07. The molecule has 0 unspecified atom stereocenters. The highest BCUT2D eigenvalue weighted by Gasteiger charge is 2.02. The van der Waals surface area contributed by atoms with E-state index >= 15 is 0 Å². The number of esters is 1. The molecule has 0 aliphatic heterocycles. The summed E-state index contributed by atoms with van der Waals surface area (Å²) < 4.78 is 4.99. The van der Waals surface area contributed by atoms with Crippen LogP contribution < -0.4 is 0 Å². The summed E-state index contributed by atoms with van der Waals surface area (Å²) in [6.45, 7) is 7.37. The molecule has 0 saturated carbocycles. The molecule has 1 rings (SSSR count). The van der Waals surface area contributed by atoms with Gasteiger partial charge in [-0.15, -0.1) is 0 Å². The maximum absolute atomic E-state index is 10.8. The van der Waals surface area contributed by atoms with Gasteiger partial charge in [-0.05, 0) is 18.1 Å². The Kier molecular flexibility index (Phi) is 4.52. The van der Waals surface area contributed by atoms with Gasteiger partial charge in [0.25, 0.3) is 0 Å². The Morgan fingerprint density at radius 1 is 1.38 bits per heavy atom. The first-order chi connectivity index (χ1) is 7.63. The van der Waals surface area contributed by atoms with E-state index in [2.05, 4.69) is 6.58 Å². The molecule has 0 bridgehead atoms. The van der Waals surface area contributed by atoms with Crippen LogP contribution in [0.5, 0.6) is 0 Å². The van der Waals surface area contributed by atoms with E-state index in [0.29, 0.717) is 0 Å². The molecule has 0 saturated heterocycles. The van der Waals surface area contributed by atoms with Crippen molar-refractivity contribution in [1.29, 1.82) is 0 Å². The van der Waals surface area contributed by atoms with Gasteiger partial charge in [-0.1, -0.05) is 48.6 Å². The zero-order chi connectivity index (χ0) is 12.0. The zero-order valence-corrected chi connectivity index (χ0v) is 9.69. The summed E-state index contributed by atoms with van der Waals surface area (Å²) in [5.41, 5.74) is 3.20. The number of rotatable bonds is 4. The van der Waals surface area contributed by atoms with Crippen LogP contribution >= 0.6 is 0 Å². The molecule has 0 radical (unpaired) electrons. The molecule has 0 aliphatic rings. The van der Waals surface area contributed by atoms with E-state index in [0.717, 1.165) is 11.1 Å². The Labute approximate surface area is 96.2 Å². The van der Waals surface area contributed by atoms with E-state index in [-0.39, 0.29) is 12.6 Å². The van der Waals surface area contributed by atoms with E-state index in [1.165, 1.54) is 12.5 Å². The molecule has 0 N–H and O–H groups in total. The van der Waals surface area contributed by atoms with Crippen molar-refractivity contribution >= 4 is 11.5 Å². The SMILES string of the molecule is C=CC=C(COC(C)=O)c1ccc(C)cc1. The van der Waals surface area contributed by atoms with Crippen LogP contribution in [0, 0.1) is 6.92 Å². The third-order valence-corrected chi connectivity index (χ3v) is 2.17. The third kappa shape index (κ3) is 3.73. The average Bonchev–Trinajstić information content (AvgIpc) is 2.25. The van der Waals surface area contributed by atoms with Crippen molar-refractivity contribution in [3.8, 4) is 0 Å². The first-order valence-electron chi connectivity index (χ1n) is 5.15. The predicted octanol–water partition coefficient (Wildman–Crippen LogP) is 3.13. The zero-order valence-electron chi connectivity index (χ0n) is 9.69. The molecular weight excluding hydrogens is 200 g/mol. The van der Waals surface area contributed by atoms with E-state index in [1.54, 1.807) is 6.08 Å². The molecule has 1 aromatic carbocycles. The summed E-state index contributed by atoms with van der Waals surface area (Å²) >= 11 is 0. The van der Waals surface area contributed by atoms with Crippen LogP contribution in [0.25, 0.3) is 5.57 Å². The van der Waals surface area contributed by atoms with E-state index < -0.39 is 0 Å². The minimum atomic E-state index is -0.276. The lowest BCUT2D eigenvalue weighted by molar-refractivity contribution is -0.139. The monoisotopic (exact) mass is 216 g/mol. The fourth-order valence-electron chi connectivity index (χ4n) is 1.32. The van der Waals surface area contributed by atoms with Gasteiger partial charge in [0.15, 0.2) is 0 Å². The molecule has 2 nitrogen and oxygen atoms in total. The van der Waals surface area contributed by atoms with E-state index in [4.69, 9.17) is 4.74 Å². The molecule has 0 amide bonds. The number of allylic oxidation sites excluding steroid dienone is 2. The lowest BCUT2D eigenvalue weighted by Crippen LogP contribution is -2.02. The van der Waals surface area contributed by atoms with Crippen LogP contribution in [-0.2, 0) is 9.53 Å². The summed E-state index contributed by atoms with van der Waals surface area (Å²) in [6, 6.07) is 8.07. The van der Waals surface area contributed by atoms with Gasteiger partial charge < -0.3 is 4.74 Å². The predicted molar refractivity (Wildman–Crippen MR) is 66.0 cm³/mol. The normalized spacial score (nSPS) is 11.0. The van der Waals surface area contributed by atoms with Crippen molar-refractivity contribution in [3.05, 3.63) is 54.1 Å². The smallest absolute Gasteiger partial charge is 0.302 e. The summed E-state index contributed by atoms with van der Waals surface area (Å²) in [5.74, 6) is -0.276. The highest BCUT2D eigenvalue weighted by atomic mass is 16.5. The average molecular weight is 216 g/mol. The number of carbonyl (C=O) groups excluding carboxylic acids is 1. The van der Waals surface area contributed by atoms with Gasteiger partial charge in [-0.3, -0.25) is 4.79 Å². The number of ether oxygens (including phenoxy) is 1. The van der Waals surface area contributed by atoms with Crippen LogP contribution in [0.1, 0.15) is 18.1 Å². The molecule has 84 valence electrons. The summed E-state index contributed by atoms with van der Waals surface area (Å²) in [6.07, 6.45) is 3.55. The van der Waals surface area contributed by atoms with Crippen molar-refractivity contribution in [2.75, 3.05) is 6.61 Å². The Balaban J connectivity index is 2.85. The number of benzene rings is 1. The molecule has 0 aliphatic carbocycles. The fraction of sp³-hybridized carbons (Fsp3) is 0.214. The summed E-state index contributed by atoms with van der Waals surface area (Å²) in [4.78, 5) is 10.8. The summed E-state index contributed by atoms with van der Waals surface area (Å²) in [7, 11) is 0. The topological polar surface area (TPSA) is 26.3 Å². The van der Waals surface area contributed by atoms with Crippen LogP contribution in [0.4, 0.5) is 0 Å². The Hall–Kier alpha value is -1.83. The van der Waals surface area contributed by atoms with Gasteiger partial charge >= 0.3 is 5.97 Å². The molecule has 0 heterocycles. The Morgan fingerprint density at radius 2 is 2.00 bits per heavy atom. The number of aryl methyl sites for hydroxylation is 1. The van der Waals surface area contributed by atoms with Gasteiger partial charge in [-0.25, -0.2) is 0 Å². The first-order valence-corrected chi connectivity index (χ1v) is 5.15. The van der Waals surface area contributed by atoms with Gasteiger partial charge in [0.05, 0.1) is 0 Å². The molecular formula is C14H16O2. The largest absolute Gasteiger partial charge is 0.461 e. The first kappa shape index (κ1) is 12.2. The van der Waals surface area contributed by atoms with E-state index in [9.17, 15) is 4.79 Å². The van der Waals surface area contributed by atoms with Crippen molar-refractivity contribution in [2.24, 2.45) is 0 Å². The number of hydrogen-bond donors (Lipinski definition) is 0. The van der Waals surface area contributed by atoms with Gasteiger partial charge in [0.1, 0.15) is 6.61 Å². The van der Waals surface area contributed by atoms with Crippen LogP contribution in [-0.4, -0.2) is 12.6 Å². The van der Waals surface area contributed by atoms with Gasteiger partial charge in [-0.2, -0.15) is 0 Å². The van der Waals surface area contributed by atoms with Crippen LogP contribution in [0.3, 0.4) is 0 Å². The van der Waals surface area contributed by atoms with Gasteiger partial charge in [0.2, 0.25) is 0 Å². The molecule has 0 aromatic heterocycles.